The molecule has 2 amide bonds. The molecule has 0 spiro atoms. The van der Waals surface area contributed by atoms with Gasteiger partial charge >= 0.3 is 0 Å². The van der Waals surface area contributed by atoms with E-state index in [9.17, 15) is 50.4 Å². The zero-order chi connectivity index (χ0) is 34.1. The van der Waals surface area contributed by atoms with Gasteiger partial charge in [0.2, 0.25) is 11.8 Å². The lowest BCUT2D eigenvalue weighted by Crippen LogP contribution is -2.61. The minimum Gasteiger partial charge on any atom is -0.394 e. The van der Waals surface area contributed by atoms with E-state index in [0.29, 0.717) is 0 Å². The second-order valence-corrected chi connectivity index (χ2v) is 13.6. The van der Waals surface area contributed by atoms with Gasteiger partial charge in [0.15, 0.2) is 12.6 Å². The van der Waals surface area contributed by atoms with E-state index in [0.717, 1.165) is 64.2 Å². The first kappa shape index (κ1) is 38.3. The highest BCUT2D eigenvalue weighted by molar-refractivity contribution is 5.79. The molecule has 0 aromatic carbocycles. The van der Waals surface area contributed by atoms with E-state index in [1.165, 1.54) is 0 Å². The minimum absolute atomic E-state index is 0.123. The topological polar surface area (TPSA) is 257 Å². The van der Waals surface area contributed by atoms with Crippen LogP contribution in [0.2, 0.25) is 0 Å². The number of carbonyl (C=O) groups is 2. The molecule has 2 saturated heterocycles. The van der Waals surface area contributed by atoms with Crippen LogP contribution in [0.25, 0.3) is 0 Å². The van der Waals surface area contributed by atoms with E-state index in [1.54, 1.807) is 0 Å². The van der Waals surface area contributed by atoms with Gasteiger partial charge in [-0.1, -0.05) is 38.5 Å². The number of rotatable bonds is 14. The van der Waals surface area contributed by atoms with Crippen LogP contribution in [0.1, 0.15) is 64.2 Å². The van der Waals surface area contributed by atoms with E-state index in [4.69, 9.17) is 18.9 Å². The summed E-state index contributed by atoms with van der Waals surface area (Å²) in [5.41, 5.74) is -1.33. The van der Waals surface area contributed by atoms with Crippen LogP contribution in [-0.4, -0.2) is 154 Å². The number of nitrogens with one attached hydrogen (secondary N) is 2. The van der Waals surface area contributed by atoms with Gasteiger partial charge in [-0.3, -0.25) is 9.59 Å². The lowest BCUT2D eigenvalue weighted by Gasteiger charge is -2.43. The Kier molecular flexibility index (Phi) is 14.6. The summed E-state index contributed by atoms with van der Waals surface area (Å²) in [6.07, 6.45) is -6.96. The molecule has 10 N–H and O–H groups in total. The molecule has 4 rings (SSSR count). The molecule has 272 valence electrons. The molecular weight excluding hydrogens is 624 g/mol. The predicted molar refractivity (Wildman–Crippen MR) is 161 cm³/mol. The van der Waals surface area contributed by atoms with Crippen molar-refractivity contribution in [2.75, 3.05) is 39.5 Å². The van der Waals surface area contributed by atoms with Crippen molar-refractivity contribution in [3.8, 4) is 0 Å². The number of aliphatic hydroxyl groups is 8. The molecule has 10 atom stereocenters. The molecule has 2 aliphatic carbocycles. The van der Waals surface area contributed by atoms with Crippen molar-refractivity contribution in [2.45, 2.75) is 126 Å². The fraction of sp³-hybridized carbons (Fsp3) is 0.935. The monoisotopic (exact) mass is 678 g/mol. The average molecular weight is 679 g/mol. The van der Waals surface area contributed by atoms with E-state index >= 15 is 0 Å². The molecule has 2 heterocycles. The molecule has 0 aromatic rings. The summed E-state index contributed by atoms with van der Waals surface area (Å²) in [4.78, 5) is 26.6. The van der Waals surface area contributed by atoms with Gasteiger partial charge in [0.05, 0.1) is 31.8 Å². The van der Waals surface area contributed by atoms with Gasteiger partial charge in [-0.2, -0.15) is 0 Å². The van der Waals surface area contributed by atoms with Crippen LogP contribution < -0.4 is 10.6 Å². The highest BCUT2D eigenvalue weighted by atomic mass is 16.7. The second-order valence-electron chi connectivity index (χ2n) is 13.6. The van der Waals surface area contributed by atoms with Crippen molar-refractivity contribution in [3.05, 3.63) is 0 Å². The maximum absolute atomic E-state index is 13.3. The Balaban J connectivity index is 1.57. The van der Waals surface area contributed by atoms with E-state index in [-0.39, 0.29) is 50.0 Å². The standard InChI is InChI=1S/C31H54N2O14/c34-11-19-21(36)23(38)25(40)29(46-19)44-15-31(13-32-27(42)17-7-3-1-4-8-17,14-33-28(43)18-9-5-2-6-10-18)16-45-30-26(41)24(39)22(37)20(12-35)47-30/h17-26,29-30,34-41H,1-16H2,(H,32,42)(H,33,43). The first-order valence-electron chi connectivity index (χ1n) is 16.9. The third-order valence-electron chi connectivity index (χ3n) is 10.0. The molecule has 16 heteroatoms. The molecular formula is C31H54N2O14. The highest BCUT2D eigenvalue weighted by Gasteiger charge is 2.48. The average Bonchev–Trinajstić information content (AvgIpc) is 3.10. The molecule has 2 aliphatic heterocycles. The van der Waals surface area contributed by atoms with Crippen molar-refractivity contribution in [1.29, 1.82) is 0 Å². The Morgan fingerprint density at radius 1 is 0.574 bits per heavy atom. The summed E-state index contributed by atoms with van der Waals surface area (Å²) in [5.74, 6) is -0.825. The van der Waals surface area contributed by atoms with Crippen LogP contribution in [0.3, 0.4) is 0 Å². The quantitative estimate of drug-likeness (QED) is 0.0879. The summed E-state index contributed by atoms with van der Waals surface area (Å²) in [5, 5.41) is 87.5. The summed E-state index contributed by atoms with van der Waals surface area (Å²) in [7, 11) is 0. The first-order chi connectivity index (χ1) is 22.5. The maximum atomic E-state index is 13.3. The van der Waals surface area contributed by atoms with E-state index in [2.05, 4.69) is 10.6 Å². The zero-order valence-electron chi connectivity index (χ0n) is 26.8. The number of hydrogen-bond acceptors (Lipinski definition) is 14. The SMILES string of the molecule is O=C(NCC(CNC(=O)C1CCCCC1)(COC1OC(CO)C(O)C(O)C1O)COC1OC(CO)C(O)C(O)C1O)C1CCCCC1. The van der Waals surface area contributed by atoms with E-state index < -0.39 is 80.0 Å². The number of amides is 2. The highest BCUT2D eigenvalue weighted by Crippen LogP contribution is 2.30. The Morgan fingerprint density at radius 2 is 0.936 bits per heavy atom. The predicted octanol–water partition coefficient (Wildman–Crippen LogP) is -3.00. The van der Waals surface area contributed by atoms with Gasteiger partial charge in [0.1, 0.15) is 48.8 Å². The Labute approximate surface area is 274 Å². The van der Waals surface area contributed by atoms with Crippen molar-refractivity contribution in [3.63, 3.8) is 0 Å². The molecule has 2 saturated carbocycles. The Bertz CT molecular complexity index is 900. The van der Waals surface area contributed by atoms with Gasteiger partial charge in [-0.05, 0) is 25.7 Å². The fourth-order valence-corrected chi connectivity index (χ4v) is 6.80. The summed E-state index contributed by atoms with van der Waals surface area (Å²) < 4.78 is 23.0. The lowest BCUT2D eigenvalue weighted by atomic mass is 9.85. The van der Waals surface area contributed by atoms with Crippen LogP contribution in [0.5, 0.6) is 0 Å². The Morgan fingerprint density at radius 3 is 1.28 bits per heavy atom. The fourth-order valence-electron chi connectivity index (χ4n) is 6.80. The van der Waals surface area contributed by atoms with Crippen LogP contribution >= 0.6 is 0 Å². The van der Waals surface area contributed by atoms with Crippen molar-refractivity contribution in [2.24, 2.45) is 17.3 Å². The summed E-state index contributed by atoms with van der Waals surface area (Å²) in [6.45, 7) is -2.34. The van der Waals surface area contributed by atoms with Crippen LogP contribution in [0.15, 0.2) is 0 Å². The van der Waals surface area contributed by atoms with E-state index in [1.807, 2.05) is 0 Å². The number of carbonyl (C=O) groups excluding carboxylic acids is 2. The molecule has 0 radical (unpaired) electrons. The molecule has 47 heavy (non-hydrogen) atoms. The second kappa shape index (κ2) is 17.9. The third-order valence-corrected chi connectivity index (χ3v) is 10.0. The normalized spacial score (nSPS) is 36.2. The van der Waals surface area contributed by atoms with Gasteiger partial charge in [0, 0.05) is 24.9 Å². The number of aliphatic hydroxyl groups excluding tert-OH is 8. The molecule has 10 unspecified atom stereocenters. The summed E-state index contributed by atoms with van der Waals surface area (Å²) >= 11 is 0. The molecule has 4 aliphatic rings. The van der Waals surface area contributed by atoms with Gasteiger partial charge in [-0.15, -0.1) is 0 Å². The van der Waals surface area contributed by atoms with Crippen LogP contribution in [0, 0.1) is 17.3 Å². The minimum atomic E-state index is -1.72. The summed E-state index contributed by atoms with van der Waals surface area (Å²) in [6, 6.07) is 0. The molecule has 16 nitrogen and oxygen atoms in total. The first-order valence-corrected chi connectivity index (χ1v) is 16.9. The lowest BCUT2D eigenvalue weighted by molar-refractivity contribution is -0.317. The molecule has 0 aromatic heterocycles. The zero-order valence-corrected chi connectivity index (χ0v) is 26.8. The molecule has 4 fully saturated rings. The number of ether oxygens (including phenoxy) is 4. The molecule has 0 bridgehead atoms. The van der Waals surface area contributed by atoms with Gasteiger partial charge in [0.25, 0.3) is 0 Å². The van der Waals surface area contributed by atoms with Crippen molar-refractivity contribution >= 4 is 11.8 Å². The smallest absolute Gasteiger partial charge is 0.223 e. The maximum Gasteiger partial charge on any atom is 0.223 e. The van der Waals surface area contributed by atoms with Crippen molar-refractivity contribution in [1.82, 2.24) is 10.6 Å². The van der Waals surface area contributed by atoms with Gasteiger partial charge in [-0.25, -0.2) is 0 Å². The largest absolute Gasteiger partial charge is 0.394 e. The van der Waals surface area contributed by atoms with Gasteiger partial charge < -0.3 is 70.4 Å². The van der Waals surface area contributed by atoms with Crippen molar-refractivity contribution < 1.29 is 69.4 Å². The van der Waals surface area contributed by atoms with Crippen LogP contribution in [-0.2, 0) is 28.5 Å². The third kappa shape index (κ3) is 9.80. The van der Waals surface area contributed by atoms with Crippen LogP contribution in [0.4, 0.5) is 0 Å². The Hall–Kier alpha value is -1.54. The number of hydrogen-bond donors (Lipinski definition) is 10.